The first-order valence-electron chi connectivity index (χ1n) is 16.7. The van der Waals surface area contributed by atoms with Gasteiger partial charge in [-0.15, -0.1) is 0 Å². The Morgan fingerprint density at radius 3 is 1.84 bits per heavy atom. The summed E-state index contributed by atoms with van der Waals surface area (Å²) in [5, 5.41) is 4.21. The summed E-state index contributed by atoms with van der Waals surface area (Å²) < 4.78 is 57.1. The van der Waals surface area contributed by atoms with E-state index in [0.29, 0.717) is 6.61 Å². The third-order valence-electron chi connectivity index (χ3n) is 8.85. The molecule has 0 N–H and O–H groups in total. The number of fused-ring (bicyclic) bond motifs is 1. The zero-order valence-electron chi connectivity index (χ0n) is 28.3. The molecule has 6 rings (SSSR count). The van der Waals surface area contributed by atoms with Gasteiger partial charge < -0.3 is 42.6 Å². The van der Waals surface area contributed by atoms with Crippen molar-refractivity contribution in [2.75, 3.05) is 13.7 Å². The van der Waals surface area contributed by atoms with Crippen LogP contribution in [0.2, 0.25) is 0 Å². The molecule has 0 aromatic heterocycles. The van der Waals surface area contributed by atoms with Gasteiger partial charge in [0.25, 0.3) is 0 Å². The lowest BCUT2D eigenvalue weighted by molar-refractivity contribution is -0.332. The van der Waals surface area contributed by atoms with Gasteiger partial charge in [0.2, 0.25) is 0 Å². The highest BCUT2D eigenvalue weighted by Crippen LogP contribution is 2.41. The highest BCUT2D eigenvalue weighted by molar-refractivity contribution is 5.16. The topological polar surface area (TPSA) is 132 Å². The molecule has 3 saturated heterocycles. The molecule has 10 atom stereocenters. The van der Waals surface area contributed by atoms with E-state index < -0.39 is 67.1 Å². The van der Waals surface area contributed by atoms with Crippen LogP contribution < -0.4 is 0 Å². The predicted octanol–water partition coefficient (Wildman–Crippen LogP) is 6.07. The highest BCUT2D eigenvalue weighted by Gasteiger charge is 2.57. The Balaban J connectivity index is 1.31. The van der Waals surface area contributed by atoms with Crippen molar-refractivity contribution < 1.29 is 42.6 Å². The minimum absolute atomic E-state index is 0.156. The van der Waals surface area contributed by atoms with Crippen molar-refractivity contribution in [3.05, 3.63) is 118 Å². The standard InChI is InChI=1S/C37H45N3O9/c1-24-30(33-34(36(41-4)45-24)49-37(2,3)48-33)47-35-29(39-40-38)32(44-22-27-18-12-7-13-19-27)31(43-21-26-16-10-6-11-17-26)28(46-35)23-42-20-25-14-8-5-9-15-25/h5-19,24,28-36H,20-23H2,1-4H3/t24-,28+,29+,30-,31+,32+,33+,34+,35-,36+/m0/s1. The first-order chi connectivity index (χ1) is 23.8. The van der Waals surface area contributed by atoms with Crippen molar-refractivity contribution in [2.24, 2.45) is 5.11 Å². The quantitative estimate of drug-likeness (QED) is 0.113. The zero-order valence-corrected chi connectivity index (χ0v) is 28.3. The van der Waals surface area contributed by atoms with Gasteiger partial charge in [0.1, 0.15) is 42.7 Å². The van der Waals surface area contributed by atoms with Gasteiger partial charge >= 0.3 is 0 Å². The third kappa shape index (κ3) is 8.86. The summed E-state index contributed by atoms with van der Waals surface area (Å²) >= 11 is 0. The van der Waals surface area contributed by atoms with Crippen molar-refractivity contribution in [1.29, 1.82) is 0 Å². The molecule has 3 fully saturated rings. The average molecular weight is 676 g/mol. The second kappa shape index (κ2) is 16.5. The van der Waals surface area contributed by atoms with Crippen LogP contribution in [0.25, 0.3) is 10.4 Å². The number of rotatable bonds is 14. The second-order valence-electron chi connectivity index (χ2n) is 12.9. The molecule has 3 aromatic rings. The van der Waals surface area contributed by atoms with Crippen molar-refractivity contribution in [1.82, 2.24) is 0 Å². The van der Waals surface area contributed by atoms with Gasteiger partial charge in [-0.3, -0.25) is 0 Å². The van der Waals surface area contributed by atoms with Crippen LogP contribution in [0.3, 0.4) is 0 Å². The molecular formula is C37H45N3O9. The van der Waals surface area contributed by atoms with Gasteiger partial charge in [-0.05, 0) is 43.0 Å². The lowest BCUT2D eigenvalue weighted by Gasteiger charge is -2.47. The SMILES string of the molecule is CO[C@@H]1O[C@@H](C)[C@H](O[C@@H]2O[C@H](COCc3ccccc3)[C@@H](OCc3ccccc3)[C@H](OCc3ccccc3)[C@H]2N=[N+]=[N-])[C@H]2OC(C)(C)O[C@@H]12. The molecule has 262 valence electrons. The molecule has 3 aliphatic heterocycles. The summed E-state index contributed by atoms with van der Waals surface area (Å²) in [7, 11) is 1.57. The van der Waals surface area contributed by atoms with Gasteiger partial charge in [0, 0.05) is 12.0 Å². The van der Waals surface area contributed by atoms with Crippen LogP contribution in [0.5, 0.6) is 0 Å². The lowest BCUT2D eigenvalue weighted by atomic mass is 9.95. The van der Waals surface area contributed by atoms with E-state index in [1.165, 1.54) is 0 Å². The number of benzene rings is 3. The van der Waals surface area contributed by atoms with Crippen LogP contribution >= 0.6 is 0 Å². The fourth-order valence-corrected chi connectivity index (χ4v) is 6.56. The Morgan fingerprint density at radius 2 is 1.27 bits per heavy atom. The largest absolute Gasteiger partial charge is 0.374 e. The van der Waals surface area contributed by atoms with Crippen LogP contribution in [0, 0.1) is 0 Å². The monoisotopic (exact) mass is 675 g/mol. The van der Waals surface area contributed by atoms with Gasteiger partial charge in [0.15, 0.2) is 18.4 Å². The normalized spacial score (nSPS) is 32.2. The Hall–Kier alpha value is -3.39. The molecule has 0 radical (unpaired) electrons. The minimum Gasteiger partial charge on any atom is -0.374 e. The fourth-order valence-electron chi connectivity index (χ4n) is 6.56. The summed E-state index contributed by atoms with van der Waals surface area (Å²) in [6.07, 6.45) is -6.11. The number of hydrogen-bond acceptors (Lipinski definition) is 10. The van der Waals surface area contributed by atoms with Crippen LogP contribution in [0.15, 0.2) is 96.1 Å². The first kappa shape index (κ1) is 35.4. The molecule has 3 heterocycles. The molecule has 0 aliphatic carbocycles. The van der Waals surface area contributed by atoms with Crippen LogP contribution in [0.4, 0.5) is 0 Å². The van der Waals surface area contributed by atoms with Crippen LogP contribution in [0.1, 0.15) is 37.5 Å². The van der Waals surface area contributed by atoms with Crippen LogP contribution in [-0.4, -0.2) is 80.9 Å². The second-order valence-corrected chi connectivity index (χ2v) is 12.9. The fraction of sp³-hybridized carbons (Fsp3) is 0.514. The van der Waals surface area contributed by atoms with E-state index in [4.69, 9.17) is 42.6 Å². The van der Waals surface area contributed by atoms with E-state index in [1.54, 1.807) is 7.11 Å². The molecule has 49 heavy (non-hydrogen) atoms. The molecule has 0 unspecified atom stereocenters. The molecule has 0 saturated carbocycles. The number of ether oxygens (including phenoxy) is 9. The van der Waals surface area contributed by atoms with E-state index >= 15 is 0 Å². The summed E-state index contributed by atoms with van der Waals surface area (Å²) in [5.74, 6) is -0.899. The first-order valence-corrected chi connectivity index (χ1v) is 16.7. The highest BCUT2D eigenvalue weighted by atomic mass is 16.8. The summed E-state index contributed by atoms with van der Waals surface area (Å²) in [5.41, 5.74) is 12.8. The van der Waals surface area contributed by atoms with Crippen LogP contribution in [-0.2, 0) is 62.5 Å². The van der Waals surface area contributed by atoms with E-state index in [0.717, 1.165) is 16.7 Å². The van der Waals surface area contributed by atoms with E-state index in [2.05, 4.69) is 10.0 Å². The van der Waals surface area contributed by atoms with Gasteiger partial charge in [-0.1, -0.05) is 96.1 Å². The molecule has 0 bridgehead atoms. The van der Waals surface area contributed by atoms with Crippen molar-refractivity contribution in [3.8, 4) is 0 Å². The molecule has 12 heteroatoms. The Labute approximate surface area is 287 Å². The molecule has 0 amide bonds. The zero-order chi connectivity index (χ0) is 34.2. The van der Waals surface area contributed by atoms with Crippen molar-refractivity contribution >= 4 is 0 Å². The Kier molecular flexibility index (Phi) is 12.0. The predicted molar refractivity (Wildman–Crippen MR) is 178 cm³/mol. The Morgan fingerprint density at radius 1 is 0.714 bits per heavy atom. The lowest BCUT2D eigenvalue weighted by Crippen LogP contribution is -2.63. The number of methoxy groups -OCH3 is 1. The van der Waals surface area contributed by atoms with Crippen molar-refractivity contribution in [2.45, 2.75) is 108 Å². The molecule has 0 spiro atoms. The summed E-state index contributed by atoms with van der Waals surface area (Å²) in [4.78, 5) is 3.21. The molecule has 3 aromatic carbocycles. The van der Waals surface area contributed by atoms with Crippen molar-refractivity contribution in [3.63, 3.8) is 0 Å². The van der Waals surface area contributed by atoms with E-state index in [1.807, 2.05) is 112 Å². The molecule has 3 aliphatic rings. The third-order valence-corrected chi connectivity index (χ3v) is 8.85. The van der Waals surface area contributed by atoms with Gasteiger partial charge in [-0.2, -0.15) is 0 Å². The number of azide groups is 1. The summed E-state index contributed by atoms with van der Waals surface area (Å²) in [6.45, 7) is 6.59. The maximum atomic E-state index is 9.85. The van der Waals surface area contributed by atoms with Gasteiger partial charge in [-0.25, -0.2) is 0 Å². The van der Waals surface area contributed by atoms with E-state index in [9.17, 15) is 5.53 Å². The smallest absolute Gasteiger partial charge is 0.186 e. The summed E-state index contributed by atoms with van der Waals surface area (Å²) in [6, 6.07) is 28.6. The minimum atomic E-state index is -1.07. The molecular weight excluding hydrogens is 630 g/mol. The van der Waals surface area contributed by atoms with E-state index in [-0.39, 0.29) is 19.8 Å². The maximum absolute atomic E-state index is 9.85. The Bertz CT molecular complexity index is 1490. The maximum Gasteiger partial charge on any atom is 0.186 e. The number of hydrogen-bond donors (Lipinski definition) is 0. The number of nitrogens with zero attached hydrogens (tertiary/aromatic N) is 3. The molecule has 12 nitrogen and oxygen atoms in total. The average Bonchev–Trinajstić information content (AvgIpc) is 3.45. The van der Waals surface area contributed by atoms with Gasteiger partial charge in [0.05, 0.1) is 32.5 Å².